The van der Waals surface area contributed by atoms with E-state index in [9.17, 15) is 26.7 Å². The highest BCUT2D eigenvalue weighted by atomic mass is 32.2. The van der Waals surface area contributed by atoms with Gasteiger partial charge in [-0.3, -0.25) is 9.11 Å². The second-order valence-electron chi connectivity index (χ2n) is 7.26. The number of rotatable bonds is 6. The number of aliphatic carboxylic acids is 1. The van der Waals surface area contributed by atoms with Gasteiger partial charge in [0.15, 0.2) is 0 Å². The molecule has 1 atom stereocenters. The van der Waals surface area contributed by atoms with Gasteiger partial charge in [-0.2, -0.15) is 16.8 Å². The summed E-state index contributed by atoms with van der Waals surface area (Å²) >= 11 is 0. The van der Waals surface area contributed by atoms with Gasteiger partial charge in [0.05, 0.1) is 21.1 Å². The van der Waals surface area contributed by atoms with Crippen molar-refractivity contribution in [3.8, 4) is 0 Å². The van der Waals surface area contributed by atoms with Gasteiger partial charge < -0.3 is 19.5 Å². The molecule has 0 aliphatic rings. The summed E-state index contributed by atoms with van der Waals surface area (Å²) in [6.45, 7) is 0.425. The van der Waals surface area contributed by atoms with Gasteiger partial charge in [-0.1, -0.05) is 24.3 Å². The number of carbonyl (C=O) groups excluding carboxylic acids is 1. The summed E-state index contributed by atoms with van der Waals surface area (Å²) in [6, 6.07) is 7.53. The molecule has 3 N–H and O–H groups in total. The van der Waals surface area contributed by atoms with E-state index in [4.69, 9.17) is 14.2 Å². The van der Waals surface area contributed by atoms with Crippen LogP contribution in [0.3, 0.4) is 0 Å². The molecule has 0 saturated heterocycles. The van der Waals surface area contributed by atoms with Gasteiger partial charge in [-0.25, -0.2) is 0 Å². The van der Waals surface area contributed by atoms with Gasteiger partial charge in [0.25, 0.3) is 20.2 Å². The van der Waals surface area contributed by atoms with Crippen LogP contribution in [-0.2, 0) is 25.0 Å². The third-order valence-electron chi connectivity index (χ3n) is 3.56. The van der Waals surface area contributed by atoms with E-state index in [1.165, 1.54) is 24.3 Å². The summed E-state index contributed by atoms with van der Waals surface area (Å²) < 4.78 is 63.2. The van der Waals surface area contributed by atoms with E-state index in [0.29, 0.717) is 11.0 Å². The molecule has 0 heterocycles. The third kappa shape index (κ3) is 8.04. The maximum Gasteiger partial charge on any atom is 0.295 e. The molecule has 162 valence electrons. The zero-order chi connectivity index (χ0) is 22.6. The Bertz CT molecular complexity index is 1020. The summed E-state index contributed by atoms with van der Waals surface area (Å²) in [6.07, 6.45) is -1.09. The topological polar surface area (TPSA) is 169 Å². The second kappa shape index (κ2) is 9.15. The maximum absolute atomic E-state index is 11.2. The normalized spacial score (nSPS) is 13.4. The minimum atomic E-state index is -4.47. The first kappa shape index (κ1) is 24.9. The van der Waals surface area contributed by atoms with Crippen LogP contribution in [0.15, 0.2) is 46.2 Å². The number of nitrogens with zero attached hydrogens (tertiary/aromatic N) is 1. The van der Waals surface area contributed by atoms with Crippen molar-refractivity contribution in [2.24, 2.45) is 0 Å². The molecule has 29 heavy (non-hydrogen) atoms. The first-order chi connectivity index (χ1) is 13.0. The Morgan fingerprint density at radius 1 is 0.931 bits per heavy atom. The molecule has 0 fully saturated rings. The monoisotopic (exact) mass is 449 g/mol. The quantitative estimate of drug-likeness (QED) is 0.390. The highest BCUT2D eigenvalue weighted by molar-refractivity contribution is 7.86. The number of carboxylic acid groups (broad SMARTS) is 1. The summed E-state index contributed by atoms with van der Waals surface area (Å²) in [4.78, 5) is 9.19. The summed E-state index contributed by atoms with van der Waals surface area (Å²) in [7, 11) is -3.27. The van der Waals surface area contributed by atoms with Crippen LogP contribution in [0, 0.1) is 0 Å². The molecule has 12 heteroatoms. The van der Waals surface area contributed by atoms with E-state index in [1.54, 1.807) is 0 Å². The van der Waals surface area contributed by atoms with Crippen molar-refractivity contribution in [2.45, 2.75) is 22.3 Å². The minimum Gasteiger partial charge on any atom is -0.550 e. The highest BCUT2D eigenvalue weighted by Gasteiger charge is 2.19. The standard InChI is InChI=1S/C10H8O6S2.C7H15NO3/c11-17(12,13)9-5-1-3-7-8(9)4-2-6-10(7)18(14,15)16;1-8(2,3)5-6(9)4-7(10)11/h1-6H,(H,11,12,13)(H,14,15,16);6,9H,4-5H2,1-3H3/t;6-/m.1/s1. The van der Waals surface area contributed by atoms with Crippen molar-refractivity contribution in [3.63, 3.8) is 0 Å². The predicted molar refractivity (Wildman–Crippen MR) is 102 cm³/mol. The van der Waals surface area contributed by atoms with Crippen molar-refractivity contribution in [3.05, 3.63) is 36.4 Å². The SMILES string of the molecule is C[N+](C)(C)C[C@H](O)CC(=O)[O-].O=S(=O)(O)c1cccc2c(S(=O)(=O)O)cccc12. The number of hydrogen-bond acceptors (Lipinski definition) is 7. The molecule has 2 rings (SSSR count). The molecule has 0 aliphatic heterocycles. The zero-order valence-electron chi connectivity index (χ0n) is 16.0. The number of hydrogen-bond donors (Lipinski definition) is 3. The fourth-order valence-corrected chi connectivity index (χ4v) is 4.00. The number of carboxylic acids is 1. The van der Waals surface area contributed by atoms with Gasteiger partial charge in [0, 0.05) is 23.2 Å². The Morgan fingerprint density at radius 3 is 1.59 bits per heavy atom. The van der Waals surface area contributed by atoms with E-state index < -0.39 is 42.1 Å². The number of aliphatic hydroxyl groups excluding tert-OH is 1. The van der Waals surface area contributed by atoms with Gasteiger partial charge in [0.2, 0.25) is 0 Å². The van der Waals surface area contributed by atoms with Crippen LogP contribution in [0.25, 0.3) is 10.8 Å². The predicted octanol–water partition coefficient (Wildman–Crippen LogP) is -0.473. The first-order valence-corrected chi connectivity index (χ1v) is 11.1. The number of benzene rings is 2. The summed E-state index contributed by atoms with van der Waals surface area (Å²) in [5.41, 5.74) is 0. The number of likely N-dealkylation sites (N-methyl/N-ethyl adjacent to an activating group) is 1. The van der Waals surface area contributed by atoms with Crippen LogP contribution < -0.4 is 5.11 Å². The molecule has 0 spiro atoms. The molecule has 2 aromatic carbocycles. The Kier molecular flexibility index (Phi) is 7.87. The van der Waals surface area contributed by atoms with E-state index in [0.717, 1.165) is 12.1 Å². The van der Waals surface area contributed by atoms with Crippen LogP contribution in [0.5, 0.6) is 0 Å². The Balaban J connectivity index is 0.000000331. The number of fused-ring (bicyclic) bond motifs is 1. The van der Waals surface area contributed by atoms with E-state index in [-0.39, 0.29) is 17.2 Å². The van der Waals surface area contributed by atoms with Crippen molar-refractivity contribution >= 4 is 37.0 Å². The average Bonchev–Trinajstić information content (AvgIpc) is 2.49. The molecule has 0 unspecified atom stereocenters. The van der Waals surface area contributed by atoms with Gasteiger partial charge in [0.1, 0.15) is 22.4 Å². The van der Waals surface area contributed by atoms with Gasteiger partial charge in [-0.05, 0) is 12.1 Å². The van der Waals surface area contributed by atoms with E-state index in [2.05, 4.69) is 0 Å². The van der Waals surface area contributed by atoms with Crippen molar-refractivity contribution in [1.82, 2.24) is 0 Å². The summed E-state index contributed by atoms with van der Waals surface area (Å²) in [5, 5.41) is 19.2. The fourth-order valence-electron chi connectivity index (χ4n) is 2.59. The molecular formula is C17H23NO9S2. The Morgan fingerprint density at radius 2 is 1.31 bits per heavy atom. The van der Waals surface area contributed by atoms with E-state index >= 15 is 0 Å². The molecule has 0 aromatic heterocycles. The lowest BCUT2D eigenvalue weighted by Crippen LogP contribution is -2.43. The van der Waals surface area contributed by atoms with Crippen molar-refractivity contribution in [2.75, 3.05) is 27.7 Å². The molecular weight excluding hydrogens is 426 g/mol. The molecule has 0 amide bonds. The molecule has 0 radical (unpaired) electrons. The van der Waals surface area contributed by atoms with Crippen LogP contribution in [0.4, 0.5) is 0 Å². The molecule has 0 aliphatic carbocycles. The second-order valence-corrected chi connectivity index (χ2v) is 10.0. The Labute approximate surface area is 169 Å². The first-order valence-electron chi connectivity index (χ1n) is 8.17. The largest absolute Gasteiger partial charge is 0.550 e. The third-order valence-corrected chi connectivity index (χ3v) is 5.38. The lowest BCUT2D eigenvalue weighted by molar-refractivity contribution is -0.873. The highest BCUT2D eigenvalue weighted by Crippen LogP contribution is 2.27. The lowest BCUT2D eigenvalue weighted by atomic mass is 10.1. The fraction of sp³-hybridized carbons (Fsp3) is 0.353. The van der Waals surface area contributed by atoms with E-state index in [1.807, 2.05) is 21.1 Å². The van der Waals surface area contributed by atoms with Crippen LogP contribution in [0.2, 0.25) is 0 Å². The smallest absolute Gasteiger partial charge is 0.295 e. The maximum atomic E-state index is 11.2. The van der Waals surface area contributed by atoms with Gasteiger partial charge >= 0.3 is 0 Å². The minimum absolute atomic E-state index is 0.0233. The van der Waals surface area contributed by atoms with Crippen molar-refractivity contribution in [1.29, 1.82) is 0 Å². The summed E-state index contributed by atoms with van der Waals surface area (Å²) in [5.74, 6) is -1.20. The lowest BCUT2D eigenvalue weighted by Gasteiger charge is -2.26. The molecule has 0 saturated carbocycles. The number of quaternary nitrogens is 1. The van der Waals surface area contributed by atoms with Crippen LogP contribution in [0.1, 0.15) is 6.42 Å². The molecule has 10 nitrogen and oxygen atoms in total. The van der Waals surface area contributed by atoms with Crippen molar-refractivity contribution < 1.29 is 45.4 Å². The molecule has 2 aromatic rings. The number of aliphatic hydroxyl groups is 1. The van der Waals surface area contributed by atoms with Crippen LogP contribution >= 0.6 is 0 Å². The van der Waals surface area contributed by atoms with Gasteiger partial charge in [-0.15, -0.1) is 0 Å². The zero-order valence-corrected chi connectivity index (χ0v) is 17.6. The average molecular weight is 450 g/mol. The Hall–Kier alpha value is -2.09. The molecule has 0 bridgehead atoms. The van der Waals surface area contributed by atoms with Crippen LogP contribution in [-0.4, -0.2) is 75.3 Å². The number of carbonyl (C=O) groups is 1.